The van der Waals surface area contributed by atoms with Crippen molar-refractivity contribution in [2.45, 2.75) is 12.8 Å². The molecule has 0 radical (unpaired) electrons. The number of hydrogen-bond acceptors (Lipinski definition) is 5. The smallest absolute Gasteiger partial charge is 0.401 e. The van der Waals surface area contributed by atoms with Gasteiger partial charge < -0.3 is 14.9 Å². The number of ether oxygens (including phenoxy) is 1. The van der Waals surface area contributed by atoms with Gasteiger partial charge in [0.05, 0.1) is 6.07 Å². The molecule has 6 nitrogen and oxygen atoms in total. The Balaban J connectivity index is 3.29. The Hall–Kier alpha value is -1.64. The number of halogens is 4. The summed E-state index contributed by atoms with van der Waals surface area (Å²) in [5.74, 6) is -1.32. The van der Waals surface area contributed by atoms with E-state index in [-0.39, 0.29) is 3.57 Å². The SMILES string of the molecule is N#CCc1nc([N+](=O)[O-])c(I)cc1OC(F)(F)F. The number of pyridine rings is 1. The molecule has 0 N–H and O–H groups in total. The van der Waals surface area contributed by atoms with Gasteiger partial charge in [-0.15, -0.1) is 13.2 Å². The molecule has 0 unspecified atom stereocenters. The molecule has 0 aromatic carbocycles. The van der Waals surface area contributed by atoms with Gasteiger partial charge in [-0.1, -0.05) is 0 Å². The van der Waals surface area contributed by atoms with Crippen LogP contribution in [0.5, 0.6) is 5.75 Å². The summed E-state index contributed by atoms with van der Waals surface area (Å²) in [5.41, 5.74) is -0.429. The zero-order valence-electron chi connectivity index (χ0n) is 8.36. The maximum Gasteiger partial charge on any atom is 0.573 e. The summed E-state index contributed by atoms with van der Waals surface area (Å²) < 4.78 is 39.8. The quantitative estimate of drug-likeness (QED) is 0.462. The maximum atomic E-state index is 12.1. The van der Waals surface area contributed by atoms with Crippen molar-refractivity contribution in [3.05, 3.63) is 25.4 Å². The molecule has 0 fully saturated rings. The van der Waals surface area contributed by atoms with E-state index in [0.717, 1.165) is 6.07 Å². The lowest BCUT2D eigenvalue weighted by atomic mass is 10.2. The van der Waals surface area contributed by atoms with Crippen LogP contribution in [0.4, 0.5) is 19.0 Å². The number of hydrogen-bond donors (Lipinski definition) is 0. The Morgan fingerprint density at radius 1 is 1.61 bits per heavy atom. The summed E-state index contributed by atoms with van der Waals surface area (Å²) in [6.45, 7) is 0. The van der Waals surface area contributed by atoms with E-state index in [1.54, 1.807) is 6.07 Å². The van der Waals surface area contributed by atoms with Crippen molar-refractivity contribution >= 4 is 28.4 Å². The van der Waals surface area contributed by atoms with Crippen molar-refractivity contribution in [2.75, 3.05) is 0 Å². The molecule has 1 aromatic rings. The molecule has 0 saturated carbocycles. The molecule has 0 spiro atoms. The average Bonchev–Trinajstić information content (AvgIpc) is 2.19. The van der Waals surface area contributed by atoms with Crippen molar-refractivity contribution in [1.29, 1.82) is 5.26 Å². The second-order valence-corrected chi connectivity index (χ2v) is 4.04. The third-order valence-corrected chi connectivity index (χ3v) is 2.44. The molecule has 1 heterocycles. The van der Waals surface area contributed by atoms with Crippen molar-refractivity contribution in [3.8, 4) is 11.8 Å². The van der Waals surface area contributed by atoms with Crippen LogP contribution in [0.2, 0.25) is 0 Å². The molecule has 0 aliphatic rings. The fourth-order valence-corrected chi connectivity index (χ4v) is 1.64. The number of alkyl halides is 3. The molecule has 0 bridgehead atoms. The van der Waals surface area contributed by atoms with E-state index in [2.05, 4.69) is 9.72 Å². The first-order valence-electron chi connectivity index (χ1n) is 4.21. The average molecular weight is 373 g/mol. The summed E-state index contributed by atoms with van der Waals surface area (Å²) in [5, 5.41) is 19.0. The molecule has 96 valence electrons. The topological polar surface area (TPSA) is 89.0 Å². The normalized spacial score (nSPS) is 10.8. The first-order chi connectivity index (χ1) is 8.24. The van der Waals surface area contributed by atoms with E-state index in [9.17, 15) is 23.3 Å². The molecule has 0 amide bonds. The van der Waals surface area contributed by atoms with Gasteiger partial charge in [0.2, 0.25) is 5.69 Å². The molecule has 18 heavy (non-hydrogen) atoms. The van der Waals surface area contributed by atoms with Gasteiger partial charge in [0, 0.05) is 6.07 Å². The molecule has 0 atom stereocenters. The molecular formula is C8H3F3IN3O3. The summed E-state index contributed by atoms with van der Waals surface area (Å²) in [6.07, 6.45) is -5.48. The van der Waals surface area contributed by atoms with Crippen LogP contribution in [-0.2, 0) is 6.42 Å². The number of nitriles is 1. The number of aromatic nitrogens is 1. The van der Waals surface area contributed by atoms with Crippen LogP contribution in [0.25, 0.3) is 0 Å². The van der Waals surface area contributed by atoms with Gasteiger partial charge in [0.25, 0.3) is 0 Å². The summed E-state index contributed by atoms with van der Waals surface area (Å²) in [4.78, 5) is 13.1. The Labute approximate surface area is 112 Å². The van der Waals surface area contributed by atoms with Crippen LogP contribution in [0.1, 0.15) is 5.69 Å². The van der Waals surface area contributed by atoms with Gasteiger partial charge in [-0.2, -0.15) is 5.26 Å². The molecule has 10 heteroatoms. The minimum Gasteiger partial charge on any atom is -0.401 e. The lowest BCUT2D eigenvalue weighted by molar-refractivity contribution is -0.390. The Morgan fingerprint density at radius 3 is 2.67 bits per heavy atom. The highest BCUT2D eigenvalue weighted by atomic mass is 127. The Morgan fingerprint density at radius 2 is 2.22 bits per heavy atom. The third kappa shape index (κ3) is 3.69. The molecule has 1 rings (SSSR count). The van der Waals surface area contributed by atoms with Crippen molar-refractivity contribution in [2.24, 2.45) is 0 Å². The molecule has 0 aliphatic heterocycles. The van der Waals surface area contributed by atoms with Gasteiger partial charge in [-0.3, -0.25) is 0 Å². The fourth-order valence-electron chi connectivity index (χ4n) is 1.04. The second-order valence-electron chi connectivity index (χ2n) is 2.88. The van der Waals surface area contributed by atoms with E-state index in [4.69, 9.17) is 5.26 Å². The molecule has 0 aliphatic carbocycles. The maximum absolute atomic E-state index is 12.1. The van der Waals surface area contributed by atoms with Crippen LogP contribution < -0.4 is 4.74 Å². The van der Waals surface area contributed by atoms with Crippen LogP contribution >= 0.6 is 22.6 Å². The lowest BCUT2D eigenvalue weighted by Crippen LogP contribution is -2.19. The molecular weight excluding hydrogens is 370 g/mol. The predicted octanol–water partition coefficient (Wildman–Crippen LogP) is 2.56. The first kappa shape index (κ1) is 14.4. The zero-order valence-corrected chi connectivity index (χ0v) is 10.5. The van der Waals surface area contributed by atoms with Gasteiger partial charge >= 0.3 is 12.2 Å². The van der Waals surface area contributed by atoms with E-state index in [1.807, 2.05) is 0 Å². The van der Waals surface area contributed by atoms with Crippen LogP contribution in [0, 0.1) is 25.0 Å². The van der Waals surface area contributed by atoms with Crippen LogP contribution in [0.3, 0.4) is 0 Å². The fraction of sp³-hybridized carbons (Fsp3) is 0.250. The van der Waals surface area contributed by atoms with Crippen LogP contribution in [0.15, 0.2) is 6.07 Å². The second kappa shape index (κ2) is 5.34. The number of rotatable bonds is 3. The molecule has 1 aromatic heterocycles. The van der Waals surface area contributed by atoms with E-state index < -0.39 is 35.0 Å². The zero-order chi connectivity index (χ0) is 13.9. The van der Waals surface area contributed by atoms with Crippen molar-refractivity contribution < 1.29 is 22.8 Å². The van der Waals surface area contributed by atoms with Crippen LogP contribution in [-0.4, -0.2) is 16.3 Å². The standard InChI is InChI=1S/C8H3F3IN3O3/c9-8(10,11)18-6-3-4(12)7(15(16)17)14-5(6)1-2-13/h3H,1H2. The van der Waals surface area contributed by atoms with Crippen molar-refractivity contribution in [1.82, 2.24) is 4.98 Å². The highest BCUT2D eigenvalue weighted by Crippen LogP contribution is 2.30. The minimum absolute atomic E-state index is 0.112. The minimum atomic E-state index is -4.95. The highest BCUT2D eigenvalue weighted by Gasteiger charge is 2.34. The van der Waals surface area contributed by atoms with Gasteiger partial charge in [0.1, 0.15) is 9.99 Å². The third-order valence-electron chi connectivity index (χ3n) is 1.64. The van der Waals surface area contributed by atoms with E-state index in [0.29, 0.717) is 0 Å². The predicted molar refractivity (Wildman–Crippen MR) is 59.6 cm³/mol. The Kier molecular flexibility index (Phi) is 4.28. The van der Waals surface area contributed by atoms with Crippen molar-refractivity contribution in [3.63, 3.8) is 0 Å². The van der Waals surface area contributed by atoms with Gasteiger partial charge in [-0.05, 0) is 32.5 Å². The summed E-state index contributed by atoms with van der Waals surface area (Å²) in [7, 11) is 0. The summed E-state index contributed by atoms with van der Waals surface area (Å²) in [6, 6.07) is 2.39. The monoisotopic (exact) mass is 373 g/mol. The van der Waals surface area contributed by atoms with Gasteiger partial charge in [-0.25, -0.2) is 0 Å². The largest absolute Gasteiger partial charge is 0.573 e. The number of nitro groups is 1. The number of nitrogens with zero attached hydrogens (tertiary/aromatic N) is 3. The van der Waals surface area contributed by atoms with Gasteiger partial charge in [0.15, 0.2) is 5.75 Å². The van der Waals surface area contributed by atoms with E-state index in [1.165, 1.54) is 22.6 Å². The highest BCUT2D eigenvalue weighted by molar-refractivity contribution is 14.1. The Bertz CT molecular complexity index is 527. The summed E-state index contributed by atoms with van der Waals surface area (Å²) >= 11 is 1.46. The van der Waals surface area contributed by atoms with E-state index >= 15 is 0 Å². The lowest BCUT2D eigenvalue weighted by Gasteiger charge is -2.09. The first-order valence-corrected chi connectivity index (χ1v) is 5.29. The molecule has 0 saturated heterocycles.